The molecule has 0 saturated heterocycles. The van der Waals surface area contributed by atoms with Gasteiger partial charge in [-0.15, -0.1) is 0 Å². The van der Waals surface area contributed by atoms with E-state index in [1.54, 1.807) is 23.9 Å². The topological polar surface area (TPSA) is 75.7 Å². The molecule has 156 valence electrons. The zero-order chi connectivity index (χ0) is 21.0. The average molecular weight is 455 g/mol. The third kappa shape index (κ3) is 5.81. The molecular formula is C20H23ClN2O4S2. The minimum atomic E-state index is -3.53. The fourth-order valence-corrected chi connectivity index (χ4v) is 4.79. The van der Waals surface area contributed by atoms with Crippen LogP contribution in [0.25, 0.3) is 0 Å². The molecule has 0 saturated carbocycles. The minimum Gasteiger partial charge on any atom is -0.476 e. The number of hydrogen-bond acceptors (Lipinski definition) is 5. The Balaban J connectivity index is 1.54. The second kappa shape index (κ2) is 9.28. The summed E-state index contributed by atoms with van der Waals surface area (Å²) < 4.78 is 31.4. The van der Waals surface area contributed by atoms with Crippen molar-refractivity contribution in [2.45, 2.75) is 18.8 Å². The van der Waals surface area contributed by atoms with Gasteiger partial charge in [-0.2, -0.15) is 11.8 Å². The van der Waals surface area contributed by atoms with Crippen LogP contribution >= 0.6 is 23.4 Å². The number of anilines is 1. The maximum Gasteiger partial charge on any atom is 0.263 e. The zero-order valence-corrected chi connectivity index (χ0v) is 18.6. The maximum atomic E-state index is 12.5. The van der Waals surface area contributed by atoms with Crippen LogP contribution in [-0.4, -0.2) is 45.5 Å². The van der Waals surface area contributed by atoms with Gasteiger partial charge in [-0.1, -0.05) is 29.8 Å². The van der Waals surface area contributed by atoms with E-state index in [4.69, 9.17) is 16.3 Å². The van der Waals surface area contributed by atoms with Gasteiger partial charge in [-0.3, -0.25) is 9.10 Å². The normalized spacial score (nSPS) is 16.1. The van der Waals surface area contributed by atoms with Gasteiger partial charge in [-0.25, -0.2) is 8.42 Å². The van der Waals surface area contributed by atoms with Gasteiger partial charge in [0.2, 0.25) is 10.0 Å². The quantitative estimate of drug-likeness (QED) is 0.650. The second-order valence-electron chi connectivity index (χ2n) is 6.84. The number of nitrogens with one attached hydrogen (secondary N) is 1. The molecular weight excluding hydrogens is 432 g/mol. The van der Waals surface area contributed by atoms with E-state index in [9.17, 15) is 13.2 Å². The van der Waals surface area contributed by atoms with Gasteiger partial charge < -0.3 is 10.1 Å². The largest absolute Gasteiger partial charge is 0.476 e. The number of carbonyl (C=O) groups is 1. The molecule has 0 aromatic heterocycles. The number of thioether (sulfide) groups is 1. The summed E-state index contributed by atoms with van der Waals surface area (Å²) >= 11 is 7.57. The van der Waals surface area contributed by atoms with Crippen LogP contribution in [0.2, 0.25) is 5.02 Å². The van der Waals surface area contributed by atoms with Crippen LogP contribution in [-0.2, 0) is 20.6 Å². The molecule has 1 N–H and O–H groups in total. The smallest absolute Gasteiger partial charge is 0.263 e. The number of hydrogen-bond donors (Lipinski definition) is 1. The Labute approximate surface area is 180 Å². The zero-order valence-electron chi connectivity index (χ0n) is 16.2. The van der Waals surface area contributed by atoms with Crippen molar-refractivity contribution in [3.05, 3.63) is 58.6 Å². The minimum absolute atomic E-state index is 0.0426. The fourth-order valence-electron chi connectivity index (χ4n) is 2.94. The summed E-state index contributed by atoms with van der Waals surface area (Å²) in [6.07, 6.45) is 0.244. The number of sulfonamides is 1. The van der Waals surface area contributed by atoms with Gasteiger partial charge in [0, 0.05) is 23.1 Å². The van der Waals surface area contributed by atoms with Crippen molar-refractivity contribution in [3.63, 3.8) is 0 Å². The number of halogens is 1. The Morgan fingerprint density at radius 1 is 1.28 bits per heavy atom. The summed E-state index contributed by atoms with van der Waals surface area (Å²) in [5.74, 6) is 1.62. The summed E-state index contributed by atoms with van der Waals surface area (Å²) in [6.45, 7) is 2.30. The highest BCUT2D eigenvalue weighted by Crippen LogP contribution is 2.35. The summed E-state index contributed by atoms with van der Waals surface area (Å²) in [7, 11) is -3.53. The van der Waals surface area contributed by atoms with Crippen molar-refractivity contribution >= 4 is 45.0 Å². The molecule has 3 rings (SSSR count). The molecule has 1 atom stereocenters. The number of ether oxygens (including phenoxy) is 1. The van der Waals surface area contributed by atoms with E-state index in [1.807, 2.05) is 37.3 Å². The van der Waals surface area contributed by atoms with Gasteiger partial charge in [0.05, 0.1) is 18.5 Å². The molecule has 29 heavy (non-hydrogen) atoms. The molecule has 0 aliphatic carbocycles. The van der Waals surface area contributed by atoms with Crippen molar-refractivity contribution in [1.29, 1.82) is 0 Å². The van der Waals surface area contributed by atoms with E-state index in [-0.39, 0.29) is 12.5 Å². The molecule has 0 fully saturated rings. The molecule has 1 aliphatic rings. The Kier molecular flexibility index (Phi) is 6.97. The highest BCUT2D eigenvalue weighted by atomic mass is 35.5. The van der Waals surface area contributed by atoms with Crippen LogP contribution in [0, 0.1) is 6.92 Å². The van der Waals surface area contributed by atoms with Crippen molar-refractivity contribution < 1.29 is 17.9 Å². The van der Waals surface area contributed by atoms with E-state index >= 15 is 0 Å². The SMILES string of the molecule is Cc1ccc2c(c1)N(S(C)(=O)=O)CC(C(=O)NCCSCc1ccc(Cl)cc1)O2. The lowest BCUT2D eigenvalue weighted by molar-refractivity contribution is -0.127. The van der Waals surface area contributed by atoms with Crippen molar-refractivity contribution in [2.24, 2.45) is 0 Å². The lowest BCUT2D eigenvalue weighted by atomic mass is 10.1. The van der Waals surface area contributed by atoms with Crippen LogP contribution in [0.4, 0.5) is 5.69 Å². The first-order valence-corrected chi connectivity index (χ1v) is 12.5. The van der Waals surface area contributed by atoms with Crippen LogP contribution < -0.4 is 14.4 Å². The number of fused-ring (bicyclic) bond motifs is 1. The monoisotopic (exact) mass is 454 g/mol. The molecule has 0 spiro atoms. The van der Waals surface area contributed by atoms with Gasteiger partial charge in [-0.05, 0) is 42.3 Å². The molecule has 2 aromatic carbocycles. The van der Waals surface area contributed by atoms with Crippen molar-refractivity contribution in [3.8, 4) is 5.75 Å². The molecule has 0 radical (unpaired) electrons. The van der Waals surface area contributed by atoms with Gasteiger partial charge in [0.1, 0.15) is 5.75 Å². The van der Waals surface area contributed by atoms with Crippen LogP contribution in [0.1, 0.15) is 11.1 Å². The number of benzene rings is 2. The predicted molar refractivity (Wildman–Crippen MR) is 118 cm³/mol. The number of aryl methyl sites for hydroxylation is 1. The summed E-state index contributed by atoms with van der Waals surface area (Å²) in [5.41, 5.74) is 2.55. The number of nitrogens with zero attached hydrogens (tertiary/aromatic N) is 1. The van der Waals surface area contributed by atoms with Gasteiger partial charge in [0.15, 0.2) is 6.10 Å². The molecule has 2 aromatic rings. The highest BCUT2D eigenvalue weighted by Gasteiger charge is 2.34. The van der Waals surface area contributed by atoms with E-state index in [2.05, 4.69) is 5.32 Å². The predicted octanol–water partition coefficient (Wildman–Crippen LogP) is 3.23. The first kappa shape index (κ1) is 21.8. The summed E-state index contributed by atoms with van der Waals surface area (Å²) in [5, 5.41) is 3.54. The molecule has 6 nitrogen and oxygen atoms in total. The highest BCUT2D eigenvalue weighted by molar-refractivity contribution is 7.98. The number of amides is 1. The first-order chi connectivity index (χ1) is 13.7. The van der Waals surface area contributed by atoms with Crippen LogP contribution in [0.3, 0.4) is 0 Å². The molecule has 9 heteroatoms. The van der Waals surface area contributed by atoms with E-state index in [0.29, 0.717) is 23.0 Å². The third-order valence-electron chi connectivity index (χ3n) is 4.40. The number of carbonyl (C=O) groups excluding carboxylic acids is 1. The Morgan fingerprint density at radius 3 is 2.69 bits per heavy atom. The van der Waals surface area contributed by atoms with E-state index < -0.39 is 16.1 Å². The molecule has 1 unspecified atom stereocenters. The lowest BCUT2D eigenvalue weighted by Crippen LogP contribution is -2.50. The Bertz CT molecular complexity index is 980. The van der Waals surface area contributed by atoms with Crippen molar-refractivity contribution in [2.75, 3.05) is 29.4 Å². The fraction of sp³-hybridized carbons (Fsp3) is 0.350. The summed E-state index contributed by atoms with van der Waals surface area (Å²) in [4.78, 5) is 12.5. The lowest BCUT2D eigenvalue weighted by Gasteiger charge is -2.34. The number of rotatable bonds is 7. The average Bonchev–Trinajstić information content (AvgIpc) is 2.67. The first-order valence-electron chi connectivity index (χ1n) is 9.09. The molecule has 1 heterocycles. The van der Waals surface area contributed by atoms with Crippen LogP contribution in [0.5, 0.6) is 5.75 Å². The molecule has 1 amide bonds. The standard InChI is InChI=1S/C20H23ClN2O4S2/c1-14-3-8-18-17(11-14)23(29(2,25)26)12-19(27-18)20(24)22-9-10-28-13-15-4-6-16(21)7-5-15/h3-8,11,19H,9-10,12-13H2,1-2H3,(H,22,24). The van der Waals surface area contributed by atoms with E-state index in [1.165, 1.54) is 4.31 Å². The second-order valence-corrected chi connectivity index (χ2v) is 10.3. The summed E-state index contributed by atoms with van der Waals surface area (Å²) in [6, 6.07) is 12.9. The maximum absolute atomic E-state index is 12.5. The third-order valence-corrected chi connectivity index (χ3v) is 6.83. The van der Waals surface area contributed by atoms with E-state index in [0.717, 1.165) is 28.9 Å². The van der Waals surface area contributed by atoms with Crippen LogP contribution in [0.15, 0.2) is 42.5 Å². The molecule has 1 aliphatic heterocycles. The van der Waals surface area contributed by atoms with Gasteiger partial charge >= 0.3 is 0 Å². The van der Waals surface area contributed by atoms with Crippen molar-refractivity contribution in [1.82, 2.24) is 5.32 Å². The van der Waals surface area contributed by atoms with Gasteiger partial charge in [0.25, 0.3) is 5.91 Å². The Morgan fingerprint density at radius 2 is 2.00 bits per heavy atom. The molecule has 0 bridgehead atoms. The Hall–Kier alpha value is -1.90.